The van der Waals surface area contributed by atoms with Gasteiger partial charge in [0.15, 0.2) is 5.65 Å². The third-order valence-corrected chi connectivity index (χ3v) is 4.34. The van der Waals surface area contributed by atoms with Gasteiger partial charge in [0, 0.05) is 18.0 Å². The summed E-state index contributed by atoms with van der Waals surface area (Å²) in [6.45, 7) is 4.06. The summed E-state index contributed by atoms with van der Waals surface area (Å²) in [6.07, 6.45) is 4.94. The maximum atomic E-state index is 11.3. The van der Waals surface area contributed by atoms with Gasteiger partial charge in [0.1, 0.15) is 5.52 Å². The zero-order valence-corrected chi connectivity index (χ0v) is 13.5. The Hall–Kier alpha value is -2.38. The van der Waals surface area contributed by atoms with Gasteiger partial charge in [-0.25, -0.2) is 9.97 Å². The molecular formula is C15H23N7O. The molecule has 5 N–H and O–H groups in total. The van der Waals surface area contributed by atoms with E-state index in [0.717, 1.165) is 31.3 Å². The maximum Gasteiger partial charge on any atom is 0.224 e. The smallest absolute Gasteiger partial charge is 0.224 e. The quantitative estimate of drug-likeness (QED) is 0.783. The van der Waals surface area contributed by atoms with Crippen LogP contribution in [0.2, 0.25) is 0 Å². The second-order valence-corrected chi connectivity index (χ2v) is 6.45. The van der Waals surface area contributed by atoms with Gasteiger partial charge in [0.05, 0.1) is 6.20 Å². The first-order chi connectivity index (χ1) is 11.0. The lowest BCUT2D eigenvalue weighted by molar-refractivity contribution is -0.122. The van der Waals surface area contributed by atoms with E-state index in [0.29, 0.717) is 17.4 Å². The first kappa shape index (κ1) is 15.5. The van der Waals surface area contributed by atoms with Gasteiger partial charge in [-0.3, -0.25) is 9.36 Å². The molecule has 1 aliphatic rings. The summed E-state index contributed by atoms with van der Waals surface area (Å²) in [5, 5.41) is 3.19. The van der Waals surface area contributed by atoms with Crippen LogP contribution >= 0.6 is 0 Å². The van der Waals surface area contributed by atoms with Crippen molar-refractivity contribution < 1.29 is 4.79 Å². The molecule has 0 saturated heterocycles. The van der Waals surface area contributed by atoms with E-state index in [9.17, 15) is 4.79 Å². The van der Waals surface area contributed by atoms with Crippen LogP contribution in [0.5, 0.6) is 0 Å². The number of aromatic nitrogens is 4. The fourth-order valence-electron chi connectivity index (χ4n) is 3.21. The summed E-state index contributed by atoms with van der Waals surface area (Å²) < 4.78 is 1.97. The molecule has 2 aromatic heterocycles. The van der Waals surface area contributed by atoms with Crippen LogP contribution in [0.4, 0.5) is 11.9 Å². The molecular weight excluding hydrogens is 294 g/mol. The lowest BCUT2D eigenvalue weighted by Crippen LogP contribution is -2.28. The molecule has 124 valence electrons. The molecule has 2 heterocycles. The maximum absolute atomic E-state index is 11.3. The molecule has 0 atom stereocenters. The number of carbonyl (C=O) groups is 1. The van der Waals surface area contributed by atoms with Crippen molar-refractivity contribution in [3.05, 3.63) is 6.20 Å². The Balaban J connectivity index is 1.90. The minimum absolute atomic E-state index is 0.0324. The highest BCUT2D eigenvalue weighted by Crippen LogP contribution is 2.35. The average Bonchev–Trinajstić information content (AvgIpc) is 2.82. The van der Waals surface area contributed by atoms with Gasteiger partial charge in [0.25, 0.3) is 0 Å². The predicted molar refractivity (Wildman–Crippen MR) is 88.7 cm³/mol. The summed E-state index contributed by atoms with van der Waals surface area (Å²) in [5.74, 6) is 0.769. The molecule has 0 unspecified atom stereocenters. The van der Waals surface area contributed by atoms with Crippen molar-refractivity contribution >= 4 is 29.0 Å². The Kier molecular flexibility index (Phi) is 4.06. The van der Waals surface area contributed by atoms with Gasteiger partial charge < -0.3 is 16.8 Å². The Bertz CT molecular complexity index is 716. The first-order valence-corrected chi connectivity index (χ1v) is 8.02. The zero-order valence-electron chi connectivity index (χ0n) is 13.5. The van der Waals surface area contributed by atoms with Crippen LogP contribution in [0.3, 0.4) is 0 Å². The lowest BCUT2D eigenvalue weighted by Gasteiger charge is -2.28. The van der Waals surface area contributed by atoms with Crippen LogP contribution in [0, 0.1) is 5.92 Å². The molecule has 2 aromatic rings. The van der Waals surface area contributed by atoms with E-state index in [-0.39, 0.29) is 23.9 Å². The number of hydrogen-bond donors (Lipinski definition) is 3. The summed E-state index contributed by atoms with van der Waals surface area (Å²) in [7, 11) is 0. The fraction of sp³-hybridized carbons (Fsp3) is 0.600. The van der Waals surface area contributed by atoms with Gasteiger partial charge >= 0.3 is 0 Å². The molecule has 1 aliphatic carbocycles. The molecule has 0 radical (unpaired) electrons. The van der Waals surface area contributed by atoms with Crippen molar-refractivity contribution in [1.29, 1.82) is 0 Å². The van der Waals surface area contributed by atoms with Crippen LogP contribution in [0.25, 0.3) is 11.2 Å². The van der Waals surface area contributed by atoms with Gasteiger partial charge in [-0.2, -0.15) is 4.98 Å². The number of nitrogens with two attached hydrogens (primary N) is 2. The molecule has 1 amide bonds. The standard InChI is InChI=1S/C15H23N7O/c1-8(2)19-15-18-7-11-13(21-15)22(14(17)20-11)10-5-3-9(4-6-10)12(16)23/h7-10H,3-6H2,1-2H3,(H2,16,23)(H2,17,20)(H,18,19,21). The van der Waals surface area contributed by atoms with Crippen LogP contribution in [0.15, 0.2) is 6.20 Å². The van der Waals surface area contributed by atoms with Crippen LogP contribution < -0.4 is 16.8 Å². The Morgan fingerprint density at radius 2 is 2.00 bits per heavy atom. The van der Waals surface area contributed by atoms with Gasteiger partial charge in [-0.05, 0) is 39.5 Å². The van der Waals surface area contributed by atoms with Crippen molar-refractivity contribution in [2.75, 3.05) is 11.1 Å². The molecule has 1 saturated carbocycles. The molecule has 8 nitrogen and oxygen atoms in total. The van der Waals surface area contributed by atoms with Crippen LogP contribution in [-0.4, -0.2) is 31.5 Å². The number of anilines is 2. The summed E-state index contributed by atoms with van der Waals surface area (Å²) in [5.41, 5.74) is 12.9. The largest absolute Gasteiger partial charge is 0.369 e. The topological polar surface area (TPSA) is 125 Å². The van der Waals surface area contributed by atoms with Crippen molar-refractivity contribution in [3.8, 4) is 0 Å². The predicted octanol–water partition coefficient (Wildman–Crippen LogP) is 1.45. The zero-order chi connectivity index (χ0) is 16.6. The molecule has 0 spiro atoms. The van der Waals surface area contributed by atoms with Crippen LogP contribution in [0.1, 0.15) is 45.6 Å². The number of amides is 1. The third kappa shape index (κ3) is 3.06. The molecule has 23 heavy (non-hydrogen) atoms. The molecule has 8 heteroatoms. The number of hydrogen-bond acceptors (Lipinski definition) is 6. The fourth-order valence-corrected chi connectivity index (χ4v) is 3.21. The van der Waals surface area contributed by atoms with Gasteiger partial charge in [-0.15, -0.1) is 0 Å². The normalized spacial score (nSPS) is 21.7. The Labute approximate surface area is 134 Å². The minimum Gasteiger partial charge on any atom is -0.369 e. The third-order valence-electron chi connectivity index (χ3n) is 4.34. The van der Waals surface area contributed by atoms with E-state index in [4.69, 9.17) is 11.5 Å². The lowest BCUT2D eigenvalue weighted by atomic mass is 9.85. The SMILES string of the molecule is CC(C)Nc1ncc2nc(N)n(C3CCC(C(N)=O)CC3)c2n1. The highest BCUT2D eigenvalue weighted by Gasteiger charge is 2.28. The highest BCUT2D eigenvalue weighted by atomic mass is 16.1. The van der Waals surface area contributed by atoms with Gasteiger partial charge in [0.2, 0.25) is 17.8 Å². The van der Waals surface area contributed by atoms with Crippen molar-refractivity contribution in [1.82, 2.24) is 19.5 Å². The highest BCUT2D eigenvalue weighted by molar-refractivity contribution is 5.77. The van der Waals surface area contributed by atoms with Crippen LogP contribution in [-0.2, 0) is 4.79 Å². The minimum atomic E-state index is -0.211. The van der Waals surface area contributed by atoms with Gasteiger partial charge in [-0.1, -0.05) is 0 Å². The summed E-state index contributed by atoms with van der Waals surface area (Å²) in [6, 6.07) is 0.435. The molecule has 1 fully saturated rings. The van der Waals surface area contributed by atoms with E-state index < -0.39 is 0 Å². The molecule has 3 rings (SSSR count). The Morgan fingerprint density at radius 1 is 1.30 bits per heavy atom. The number of fused-ring (bicyclic) bond motifs is 1. The molecule has 0 aliphatic heterocycles. The van der Waals surface area contributed by atoms with Crippen molar-refractivity contribution in [2.24, 2.45) is 11.7 Å². The second kappa shape index (κ2) is 6.02. The number of primary amides is 1. The number of nitrogens with one attached hydrogen (secondary N) is 1. The van der Waals surface area contributed by atoms with Crippen molar-refractivity contribution in [3.63, 3.8) is 0 Å². The number of nitrogen functional groups attached to an aromatic ring is 1. The average molecular weight is 317 g/mol. The molecule has 0 aromatic carbocycles. The molecule has 0 bridgehead atoms. The number of nitrogens with zero attached hydrogens (tertiary/aromatic N) is 4. The van der Waals surface area contributed by atoms with E-state index in [1.807, 2.05) is 18.4 Å². The number of imidazole rings is 1. The van der Waals surface area contributed by atoms with Crippen molar-refractivity contribution in [2.45, 2.75) is 51.6 Å². The number of carbonyl (C=O) groups excluding carboxylic acids is 1. The second-order valence-electron chi connectivity index (χ2n) is 6.45. The number of rotatable bonds is 4. The summed E-state index contributed by atoms with van der Waals surface area (Å²) in [4.78, 5) is 24.5. The summed E-state index contributed by atoms with van der Waals surface area (Å²) >= 11 is 0. The Morgan fingerprint density at radius 3 is 2.61 bits per heavy atom. The van der Waals surface area contributed by atoms with E-state index >= 15 is 0 Å². The van der Waals surface area contributed by atoms with E-state index in [1.54, 1.807) is 6.20 Å². The first-order valence-electron chi connectivity index (χ1n) is 8.02. The monoisotopic (exact) mass is 317 g/mol. The van der Waals surface area contributed by atoms with E-state index in [1.165, 1.54) is 0 Å². The van der Waals surface area contributed by atoms with E-state index in [2.05, 4.69) is 20.3 Å².